The first-order chi connectivity index (χ1) is 6.59. The van der Waals surface area contributed by atoms with Gasteiger partial charge in [0.05, 0.1) is 4.47 Å². The quantitative estimate of drug-likeness (QED) is 0.527. The summed E-state index contributed by atoms with van der Waals surface area (Å²) < 4.78 is 26.9. The number of benzene rings is 1. The first-order valence-electron chi connectivity index (χ1n) is 3.69. The molecule has 0 aliphatic rings. The van der Waals surface area contributed by atoms with Gasteiger partial charge in [0.25, 0.3) is 0 Å². The number of pyridine rings is 1. The highest BCUT2D eigenvalue weighted by molar-refractivity contribution is 9.10. The van der Waals surface area contributed by atoms with Crippen LogP contribution in [-0.2, 0) is 0 Å². The fourth-order valence-electron chi connectivity index (χ4n) is 1.15. The van der Waals surface area contributed by atoms with Gasteiger partial charge in [0.15, 0.2) is 5.82 Å². The Balaban J connectivity index is 2.92. The second-order valence-electron chi connectivity index (χ2n) is 2.69. The first-order valence-corrected chi connectivity index (χ1v) is 5.28. The van der Waals surface area contributed by atoms with E-state index in [1.54, 1.807) is 12.1 Å². The van der Waals surface area contributed by atoms with Gasteiger partial charge < -0.3 is 0 Å². The number of hydrogen-bond donors (Lipinski definition) is 0. The largest absolute Gasteiger partial charge is 0.238 e. The molecule has 5 heteroatoms. The van der Waals surface area contributed by atoms with E-state index in [1.807, 2.05) is 0 Å². The van der Waals surface area contributed by atoms with Crippen LogP contribution in [0.25, 0.3) is 10.9 Å². The van der Waals surface area contributed by atoms with Gasteiger partial charge in [-0.3, -0.25) is 0 Å². The van der Waals surface area contributed by atoms with Crippen LogP contribution in [0.4, 0.5) is 8.78 Å². The molecular weight excluding hydrogens is 320 g/mol. The average molecular weight is 323 g/mol. The van der Waals surface area contributed by atoms with Gasteiger partial charge in [-0.1, -0.05) is 0 Å². The molecule has 0 bridgehead atoms. The number of aromatic nitrogens is 1. The summed E-state index contributed by atoms with van der Waals surface area (Å²) in [7, 11) is 0. The second kappa shape index (κ2) is 3.55. The third-order valence-corrected chi connectivity index (χ3v) is 2.95. The Morgan fingerprint density at radius 1 is 1.14 bits per heavy atom. The summed E-state index contributed by atoms with van der Waals surface area (Å²) in [5.74, 6) is -1.31. The lowest BCUT2D eigenvalue weighted by Crippen LogP contribution is -1.90. The van der Waals surface area contributed by atoms with Crippen molar-refractivity contribution in [2.24, 2.45) is 0 Å². The Labute approximate surface area is 95.4 Å². The molecule has 1 aromatic heterocycles. The smallest absolute Gasteiger partial charge is 0.166 e. The number of fused-ring (bicyclic) bond motifs is 1. The minimum Gasteiger partial charge on any atom is -0.238 e. The molecule has 0 spiro atoms. The normalized spacial score (nSPS) is 10.9. The van der Waals surface area contributed by atoms with E-state index >= 15 is 0 Å². The van der Waals surface area contributed by atoms with Gasteiger partial charge >= 0.3 is 0 Å². The van der Waals surface area contributed by atoms with E-state index in [0.717, 1.165) is 0 Å². The zero-order valence-corrected chi connectivity index (χ0v) is 9.86. The van der Waals surface area contributed by atoms with Crippen LogP contribution < -0.4 is 0 Å². The third kappa shape index (κ3) is 1.54. The maximum absolute atomic E-state index is 13.5. The summed E-state index contributed by atoms with van der Waals surface area (Å²) in [6.07, 6.45) is 0. The summed E-state index contributed by atoms with van der Waals surface area (Å²) in [5, 5.41) is 0.436. The van der Waals surface area contributed by atoms with Crippen LogP contribution in [-0.4, -0.2) is 4.98 Å². The third-order valence-electron chi connectivity index (χ3n) is 1.78. The predicted molar refractivity (Wildman–Crippen MR) is 57.1 cm³/mol. The Morgan fingerprint density at radius 3 is 2.57 bits per heavy atom. The summed E-state index contributed by atoms with van der Waals surface area (Å²) in [5.41, 5.74) is 0.146. The van der Waals surface area contributed by atoms with Gasteiger partial charge in [0.2, 0.25) is 0 Å². The first kappa shape index (κ1) is 9.98. The molecule has 0 saturated heterocycles. The maximum atomic E-state index is 13.5. The number of hydrogen-bond acceptors (Lipinski definition) is 1. The molecule has 0 aliphatic carbocycles. The van der Waals surface area contributed by atoms with Crippen LogP contribution in [0.15, 0.2) is 27.3 Å². The molecule has 1 heterocycles. The molecule has 72 valence electrons. The Morgan fingerprint density at radius 2 is 1.86 bits per heavy atom. The highest BCUT2D eigenvalue weighted by Gasteiger charge is 2.12. The summed E-state index contributed by atoms with van der Waals surface area (Å²) in [6, 6.07) is 4.47. The molecule has 1 nitrogen and oxygen atoms in total. The van der Waals surface area contributed by atoms with Crippen LogP contribution in [0, 0.1) is 11.6 Å². The Kier molecular flexibility index (Phi) is 2.53. The van der Waals surface area contributed by atoms with Gasteiger partial charge in [0.1, 0.15) is 15.9 Å². The van der Waals surface area contributed by atoms with Crippen LogP contribution in [0.3, 0.4) is 0 Å². The molecule has 0 radical (unpaired) electrons. The summed E-state index contributed by atoms with van der Waals surface area (Å²) in [6.45, 7) is 0. The highest BCUT2D eigenvalue weighted by Crippen LogP contribution is 2.27. The second-order valence-corrected chi connectivity index (χ2v) is 4.30. The van der Waals surface area contributed by atoms with Crippen LogP contribution in [0.1, 0.15) is 0 Å². The van der Waals surface area contributed by atoms with Crippen molar-refractivity contribution in [2.75, 3.05) is 0 Å². The van der Waals surface area contributed by atoms with Crippen molar-refractivity contribution in [3.05, 3.63) is 38.9 Å². The molecule has 14 heavy (non-hydrogen) atoms. The van der Waals surface area contributed by atoms with E-state index < -0.39 is 11.6 Å². The van der Waals surface area contributed by atoms with Gasteiger partial charge in [-0.2, -0.15) is 0 Å². The van der Waals surface area contributed by atoms with E-state index in [0.29, 0.717) is 9.99 Å². The predicted octanol–water partition coefficient (Wildman–Crippen LogP) is 4.04. The van der Waals surface area contributed by atoms with Gasteiger partial charge in [0, 0.05) is 5.39 Å². The molecule has 0 atom stereocenters. The molecule has 0 N–H and O–H groups in total. The average Bonchev–Trinajstić information content (AvgIpc) is 2.16. The van der Waals surface area contributed by atoms with Crippen LogP contribution in [0.5, 0.6) is 0 Å². The molecule has 0 fully saturated rings. The molecule has 0 amide bonds. The summed E-state index contributed by atoms with van der Waals surface area (Å²) >= 11 is 5.94. The molecule has 2 aromatic rings. The van der Waals surface area contributed by atoms with E-state index in [4.69, 9.17) is 0 Å². The minimum absolute atomic E-state index is 0.146. The molecular formula is C9H3Br2F2N. The van der Waals surface area contributed by atoms with Crippen LogP contribution in [0.2, 0.25) is 0 Å². The fourth-order valence-corrected chi connectivity index (χ4v) is 1.76. The standard InChI is InChI=1S/C9H3Br2F2N/c10-6-2-1-4-3-5(12)7(11)8(13)9(4)14-6/h1-3H. The van der Waals surface area contributed by atoms with E-state index in [1.165, 1.54) is 6.07 Å². The molecule has 1 aromatic carbocycles. The lowest BCUT2D eigenvalue weighted by Gasteiger charge is -2.02. The molecule has 2 rings (SSSR count). The Hall–Kier alpha value is -0.550. The summed E-state index contributed by atoms with van der Waals surface area (Å²) in [4.78, 5) is 3.92. The van der Waals surface area contributed by atoms with Crippen molar-refractivity contribution in [2.45, 2.75) is 0 Å². The zero-order chi connectivity index (χ0) is 10.3. The van der Waals surface area contributed by atoms with Crippen molar-refractivity contribution in [1.82, 2.24) is 4.98 Å². The van der Waals surface area contributed by atoms with Gasteiger partial charge in [-0.15, -0.1) is 0 Å². The van der Waals surface area contributed by atoms with Crippen molar-refractivity contribution in [3.8, 4) is 0 Å². The minimum atomic E-state index is -0.679. The lowest BCUT2D eigenvalue weighted by molar-refractivity contribution is 0.579. The van der Waals surface area contributed by atoms with E-state index in [9.17, 15) is 8.78 Å². The lowest BCUT2D eigenvalue weighted by atomic mass is 10.2. The SMILES string of the molecule is Fc1cc2ccc(Br)nc2c(F)c1Br. The monoisotopic (exact) mass is 321 g/mol. The zero-order valence-electron chi connectivity index (χ0n) is 6.69. The van der Waals surface area contributed by atoms with Crippen molar-refractivity contribution in [3.63, 3.8) is 0 Å². The van der Waals surface area contributed by atoms with Crippen molar-refractivity contribution < 1.29 is 8.78 Å². The fraction of sp³-hybridized carbons (Fsp3) is 0. The van der Waals surface area contributed by atoms with Gasteiger partial charge in [-0.05, 0) is 50.1 Å². The molecule has 0 saturated carbocycles. The van der Waals surface area contributed by atoms with Crippen molar-refractivity contribution >= 4 is 42.8 Å². The van der Waals surface area contributed by atoms with E-state index in [2.05, 4.69) is 36.8 Å². The number of rotatable bonds is 0. The maximum Gasteiger partial charge on any atom is 0.166 e. The highest BCUT2D eigenvalue weighted by atomic mass is 79.9. The van der Waals surface area contributed by atoms with Gasteiger partial charge in [-0.25, -0.2) is 13.8 Å². The van der Waals surface area contributed by atoms with Crippen LogP contribution >= 0.6 is 31.9 Å². The number of halogens is 4. The Bertz CT molecular complexity index is 514. The number of nitrogens with zero attached hydrogens (tertiary/aromatic N) is 1. The van der Waals surface area contributed by atoms with Crippen molar-refractivity contribution in [1.29, 1.82) is 0 Å². The topological polar surface area (TPSA) is 12.9 Å². The molecule has 0 unspecified atom stereocenters. The van der Waals surface area contributed by atoms with E-state index in [-0.39, 0.29) is 9.99 Å². The molecule has 0 aliphatic heterocycles.